The highest BCUT2D eigenvalue weighted by Gasteiger charge is 2.25. The van der Waals surface area contributed by atoms with Gasteiger partial charge in [-0.15, -0.1) is 0 Å². The Morgan fingerprint density at radius 3 is 2.68 bits per heavy atom. The van der Waals surface area contributed by atoms with Gasteiger partial charge in [0.2, 0.25) is 0 Å². The van der Waals surface area contributed by atoms with Crippen molar-refractivity contribution in [3.8, 4) is 0 Å². The maximum Gasteiger partial charge on any atom is 0.0468 e. The molecule has 1 saturated carbocycles. The predicted molar refractivity (Wildman–Crippen MR) is 83.1 cm³/mol. The first-order valence-electron chi connectivity index (χ1n) is 7.00. The smallest absolute Gasteiger partial charge is 0.0468 e. The SMILES string of the molecule is CCC(NCCN(C)C1CC1)c1ccc(Cl)cc1Cl. The van der Waals surface area contributed by atoms with Gasteiger partial charge < -0.3 is 10.2 Å². The van der Waals surface area contributed by atoms with Crippen molar-refractivity contribution in [2.45, 2.75) is 38.3 Å². The van der Waals surface area contributed by atoms with Gasteiger partial charge in [0, 0.05) is 35.2 Å². The Bertz CT molecular complexity index is 419. The summed E-state index contributed by atoms with van der Waals surface area (Å²) in [7, 11) is 2.20. The first-order chi connectivity index (χ1) is 9.11. The number of hydrogen-bond donors (Lipinski definition) is 1. The molecule has 0 radical (unpaired) electrons. The predicted octanol–water partition coefficient (Wildman–Crippen LogP) is 4.13. The zero-order valence-electron chi connectivity index (χ0n) is 11.6. The molecule has 4 heteroatoms. The Labute approximate surface area is 126 Å². The molecule has 2 rings (SSSR count). The minimum absolute atomic E-state index is 0.303. The fourth-order valence-corrected chi connectivity index (χ4v) is 2.91. The number of benzene rings is 1. The van der Waals surface area contributed by atoms with Crippen LogP contribution in [-0.2, 0) is 0 Å². The van der Waals surface area contributed by atoms with Gasteiger partial charge in [0.15, 0.2) is 0 Å². The van der Waals surface area contributed by atoms with E-state index in [0.29, 0.717) is 11.1 Å². The van der Waals surface area contributed by atoms with Crippen molar-refractivity contribution in [3.05, 3.63) is 33.8 Å². The van der Waals surface area contributed by atoms with Crippen LogP contribution in [0.5, 0.6) is 0 Å². The van der Waals surface area contributed by atoms with Gasteiger partial charge in [0.05, 0.1) is 0 Å². The Balaban J connectivity index is 1.87. The fourth-order valence-electron chi connectivity index (χ4n) is 2.37. The topological polar surface area (TPSA) is 15.3 Å². The lowest BCUT2D eigenvalue weighted by atomic mass is 10.0. The van der Waals surface area contributed by atoms with E-state index in [9.17, 15) is 0 Å². The highest BCUT2D eigenvalue weighted by molar-refractivity contribution is 6.35. The lowest BCUT2D eigenvalue weighted by Gasteiger charge is -2.21. The van der Waals surface area contributed by atoms with Crippen LogP contribution in [0.2, 0.25) is 10.0 Å². The molecule has 1 unspecified atom stereocenters. The number of nitrogens with one attached hydrogen (secondary N) is 1. The average molecular weight is 301 g/mol. The number of rotatable bonds is 7. The molecule has 1 fully saturated rings. The molecule has 0 aliphatic heterocycles. The van der Waals surface area contributed by atoms with Crippen molar-refractivity contribution in [2.75, 3.05) is 20.1 Å². The minimum atomic E-state index is 0.303. The Kier molecular flexibility index (Phi) is 5.52. The molecule has 1 aliphatic carbocycles. The molecular weight excluding hydrogens is 279 g/mol. The van der Waals surface area contributed by atoms with E-state index < -0.39 is 0 Å². The van der Waals surface area contributed by atoms with Crippen molar-refractivity contribution in [3.63, 3.8) is 0 Å². The van der Waals surface area contributed by atoms with Crippen molar-refractivity contribution >= 4 is 23.2 Å². The maximum atomic E-state index is 6.27. The number of halogens is 2. The summed E-state index contributed by atoms with van der Waals surface area (Å²) in [5.74, 6) is 0. The zero-order valence-corrected chi connectivity index (χ0v) is 13.1. The largest absolute Gasteiger partial charge is 0.309 e. The van der Waals surface area contributed by atoms with Crippen LogP contribution in [0.25, 0.3) is 0 Å². The van der Waals surface area contributed by atoms with Gasteiger partial charge in [-0.3, -0.25) is 0 Å². The van der Waals surface area contributed by atoms with E-state index in [0.717, 1.165) is 36.1 Å². The fraction of sp³-hybridized carbons (Fsp3) is 0.600. The summed E-state index contributed by atoms with van der Waals surface area (Å²) in [5, 5.41) is 5.03. The second-order valence-corrected chi connectivity index (χ2v) is 6.14. The molecule has 1 aromatic rings. The van der Waals surface area contributed by atoms with Gasteiger partial charge >= 0.3 is 0 Å². The quantitative estimate of drug-likeness (QED) is 0.814. The number of likely N-dealkylation sites (N-methyl/N-ethyl adjacent to an activating group) is 1. The van der Waals surface area contributed by atoms with Crippen molar-refractivity contribution in [2.24, 2.45) is 0 Å². The zero-order chi connectivity index (χ0) is 13.8. The van der Waals surface area contributed by atoms with Gasteiger partial charge in [-0.2, -0.15) is 0 Å². The Morgan fingerprint density at radius 2 is 2.11 bits per heavy atom. The molecule has 1 aromatic carbocycles. The standard InChI is InChI=1S/C15H22Cl2N2/c1-3-15(13-7-4-11(16)10-14(13)17)18-8-9-19(2)12-5-6-12/h4,7,10,12,15,18H,3,5-6,8-9H2,1-2H3. The van der Waals surface area contributed by atoms with Crippen molar-refractivity contribution in [1.82, 2.24) is 10.2 Å². The third kappa shape index (κ3) is 4.35. The van der Waals surface area contributed by atoms with Gasteiger partial charge in [-0.05, 0) is 44.0 Å². The van der Waals surface area contributed by atoms with Crippen LogP contribution in [0.3, 0.4) is 0 Å². The third-order valence-electron chi connectivity index (χ3n) is 3.77. The van der Waals surface area contributed by atoms with E-state index in [2.05, 4.69) is 24.2 Å². The molecule has 1 aliphatic rings. The van der Waals surface area contributed by atoms with E-state index in [-0.39, 0.29) is 0 Å². The second kappa shape index (κ2) is 6.94. The van der Waals surface area contributed by atoms with E-state index >= 15 is 0 Å². The highest BCUT2D eigenvalue weighted by atomic mass is 35.5. The molecule has 1 atom stereocenters. The van der Waals surface area contributed by atoms with Gasteiger partial charge in [-0.1, -0.05) is 36.2 Å². The molecule has 0 heterocycles. The average Bonchev–Trinajstić information content (AvgIpc) is 3.19. The minimum Gasteiger partial charge on any atom is -0.309 e. The van der Waals surface area contributed by atoms with Gasteiger partial charge in [0.25, 0.3) is 0 Å². The summed E-state index contributed by atoms with van der Waals surface area (Å²) in [6.07, 6.45) is 3.74. The molecule has 19 heavy (non-hydrogen) atoms. The molecule has 0 aromatic heterocycles. The van der Waals surface area contributed by atoms with Crippen LogP contribution in [-0.4, -0.2) is 31.1 Å². The molecular formula is C15H22Cl2N2. The normalized spacial score (nSPS) is 16.9. The van der Waals surface area contributed by atoms with Crippen molar-refractivity contribution < 1.29 is 0 Å². The first-order valence-corrected chi connectivity index (χ1v) is 7.76. The molecule has 0 saturated heterocycles. The summed E-state index contributed by atoms with van der Waals surface area (Å²) in [6, 6.07) is 6.87. The molecule has 106 valence electrons. The maximum absolute atomic E-state index is 6.27. The van der Waals surface area contributed by atoms with Gasteiger partial charge in [0.1, 0.15) is 0 Å². The van der Waals surface area contributed by atoms with E-state index in [1.165, 1.54) is 12.8 Å². The lowest BCUT2D eigenvalue weighted by Crippen LogP contribution is -2.32. The summed E-state index contributed by atoms with van der Waals surface area (Å²) in [5.41, 5.74) is 1.14. The monoisotopic (exact) mass is 300 g/mol. The Morgan fingerprint density at radius 1 is 1.37 bits per heavy atom. The van der Waals surface area contributed by atoms with Crippen LogP contribution in [0.4, 0.5) is 0 Å². The van der Waals surface area contributed by atoms with E-state index in [1.807, 2.05) is 18.2 Å². The first kappa shape index (κ1) is 15.1. The van der Waals surface area contributed by atoms with Crippen LogP contribution in [0.1, 0.15) is 37.8 Å². The van der Waals surface area contributed by atoms with E-state index in [1.54, 1.807) is 0 Å². The van der Waals surface area contributed by atoms with Crippen LogP contribution in [0, 0.1) is 0 Å². The number of nitrogens with zero attached hydrogens (tertiary/aromatic N) is 1. The Hall–Kier alpha value is -0.280. The van der Waals surface area contributed by atoms with Crippen LogP contribution in [0.15, 0.2) is 18.2 Å². The molecule has 1 N–H and O–H groups in total. The summed E-state index contributed by atoms with van der Waals surface area (Å²) < 4.78 is 0. The van der Waals surface area contributed by atoms with Gasteiger partial charge in [-0.25, -0.2) is 0 Å². The lowest BCUT2D eigenvalue weighted by molar-refractivity contribution is 0.313. The summed E-state index contributed by atoms with van der Waals surface area (Å²) >= 11 is 12.2. The summed E-state index contributed by atoms with van der Waals surface area (Å²) in [6.45, 7) is 4.25. The highest BCUT2D eigenvalue weighted by Crippen LogP contribution is 2.28. The third-order valence-corrected chi connectivity index (χ3v) is 4.33. The van der Waals surface area contributed by atoms with Crippen LogP contribution >= 0.6 is 23.2 Å². The summed E-state index contributed by atoms with van der Waals surface area (Å²) in [4.78, 5) is 2.43. The van der Waals surface area contributed by atoms with Crippen LogP contribution < -0.4 is 5.32 Å². The molecule has 2 nitrogen and oxygen atoms in total. The molecule has 0 spiro atoms. The van der Waals surface area contributed by atoms with E-state index in [4.69, 9.17) is 23.2 Å². The number of hydrogen-bond acceptors (Lipinski definition) is 2. The second-order valence-electron chi connectivity index (χ2n) is 5.29. The van der Waals surface area contributed by atoms with Crippen molar-refractivity contribution in [1.29, 1.82) is 0 Å². The molecule has 0 bridgehead atoms. The molecule has 0 amide bonds.